The van der Waals surface area contributed by atoms with Crippen LogP contribution in [0.1, 0.15) is 25.7 Å². The molecule has 1 amide bonds. The first-order valence-corrected chi connectivity index (χ1v) is 4.98. The smallest absolute Gasteiger partial charge is 0.404 e. The van der Waals surface area contributed by atoms with Crippen LogP contribution < -0.4 is 5.73 Å². The summed E-state index contributed by atoms with van der Waals surface area (Å²) in [7, 11) is 0. The van der Waals surface area contributed by atoms with E-state index in [0.29, 0.717) is 31.4 Å². The maximum atomic E-state index is 10.4. The molecule has 0 aliphatic heterocycles. The fraction of sp³-hybridized carbons (Fsp3) is 0.875. The van der Waals surface area contributed by atoms with Crippen LogP contribution in [0.15, 0.2) is 0 Å². The van der Waals surface area contributed by atoms with Crippen LogP contribution in [0.2, 0.25) is 0 Å². The van der Waals surface area contributed by atoms with Crippen LogP contribution in [0.3, 0.4) is 0 Å². The van der Waals surface area contributed by atoms with Crippen molar-refractivity contribution in [1.29, 1.82) is 0 Å². The van der Waals surface area contributed by atoms with Crippen molar-refractivity contribution < 1.29 is 14.6 Å². The maximum Gasteiger partial charge on any atom is 0.404 e. The monoisotopic (exact) mass is 205 g/mol. The van der Waals surface area contributed by atoms with E-state index >= 15 is 0 Å². The van der Waals surface area contributed by atoms with Gasteiger partial charge in [0.2, 0.25) is 0 Å². The molecule has 5 heteroatoms. The minimum Gasteiger partial charge on any atom is -0.446 e. The van der Waals surface area contributed by atoms with Crippen LogP contribution in [0.25, 0.3) is 0 Å². The fourth-order valence-corrected chi connectivity index (χ4v) is 1.89. The van der Waals surface area contributed by atoms with Gasteiger partial charge in [-0.15, -0.1) is 0 Å². The zero-order chi connectivity index (χ0) is 9.90. The Balaban J connectivity index is 2.34. The number of carbonyl (C=O) groups excluding carboxylic acids is 1. The normalized spacial score (nSPS) is 34.2. The summed E-state index contributed by atoms with van der Waals surface area (Å²) in [5.41, 5.74) is 4.20. The Morgan fingerprint density at radius 3 is 2.54 bits per heavy atom. The number of rotatable bonds is 2. The molecule has 0 aromatic heterocycles. The molecular formula is C8H15NO3S. The first-order valence-electron chi connectivity index (χ1n) is 4.35. The molecule has 0 heterocycles. The molecule has 0 aromatic rings. The first kappa shape index (κ1) is 10.7. The highest BCUT2D eigenvalue weighted by atomic mass is 32.1. The lowest BCUT2D eigenvalue weighted by Crippen LogP contribution is -2.39. The van der Waals surface area contributed by atoms with E-state index in [4.69, 9.17) is 10.5 Å². The molecule has 1 aliphatic carbocycles. The summed E-state index contributed by atoms with van der Waals surface area (Å²) in [6.45, 7) is 0. The Labute approximate surface area is 82.9 Å². The molecule has 1 fully saturated rings. The minimum atomic E-state index is -0.735. The molecule has 1 saturated carbocycles. The zero-order valence-electron chi connectivity index (χ0n) is 7.40. The molecule has 0 spiro atoms. The third-order valence-electron chi connectivity index (χ3n) is 2.44. The van der Waals surface area contributed by atoms with Gasteiger partial charge in [0.15, 0.2) is 0 Å². The van der Waals surface area contributed by atoms with Gasteiger partial charge < -0.3 is 15.6 Å². The predicted octanol–water partition coefficient (Wildman–Crippen LogP) is 0.685. The lowest BCUT2D eigenvalue weighted by molar-refractivity contribution is -0.0182. The third-order valence-corrected chi connectivity index (χ3v) is 3.03. The van der Waals surface area contributed by atoms with Gasteiger partial charge in [-0.05, 0) is 25.7 Å². The third kappa shape index (κ3) is 3.08. The molecule has 0 aromatic carbocycles. The largest absolute Gasteiger partial charge is 0.446 e. The van der Waals surface area contributed by atoms with Crippen LogP contribution in [0, 0.1) is 0 Å². The van der Waals surface area contributed by atoms with Crippen molar-refractivity contribution in [2.24, 2.45) is 5.73 Å². The highest BCUT2D eigenvalue weighted by Crippen LogP contribution is 2.30. The van der Waals surface area contributed by atoms with Crippen LogP contribution in [-0.4, -0.2) is 28.7 Å². The summed E-state index contributed by atoms with van der Waals surface area (Å²) in [4.78, 5) is 10.4. The molecule has 1 aliphatic rings. The van der Waals surface area contributed by atoms with E-state index < -0.39 is 11.7 Å². The van der Waals surface area contributed by atoms with Gasteiger partial charge in [0.25, 0.3) is 0 Å². The van der Waals surface area contributed by atoms with Crippen LogP contribution in [-0.2, 0) is 4.74 Å². The lowest BCUT2D eigenvalue weighted by Gasteiger charge is -2.34. The molecule has 1 rings (SSSR count). The van der Waals surface area contributed by atoms with Crippen LogP contribution >= 0.6 is 12.6 Å². The number of carbonyl (C=O) groups is 1. The highest BCUT2D eigenvalue weighted by molar-refractivity contribution is 7.80. The topological polar surface area (TPSA) is 72.6 Å². The van der Waals surface area contributed by atoms with E-state index in [-0.39, 0.29) is 6.10 Å². The Morgan fingerprint density at radius 2 is 2.15 bits per heavy atom. The molecule has 0 bridgehead atoms. The molecule has 0 unspecified atom stereocenters. The van der Waals surface area contributed by atoms with E-state index in [0.717, 1.165) is 0 Å². The van der Waals surface area contributed by atoms with Crippen LogP contribution in [0.4, 0.5) is 4.79 Å². The molecule has 0 saturated heterocycles. The number of aliphatic hydroxyl groups is 1. The average molecular weight is 205 g/mol. The molecule has 0 radical (unpaired) electrons. The van der Waals surface area contributed by atoms with Crippen molar-refractivity contribution in [3.63, 3.8) is 0 Å². The summed E-state index contributed by atoms with van der Waals surface area (Å²) in [5.74, 6) is 0.455. The number of thiol groups is 1. The van der Waals surface area contributed by atoms with Gasteiger partial charge in [-0.25, -0.2) is 4.79 Å². The van der Waals surface area contributed by atoms with Gasteiger partial charge in [-0.1, -0.05) is 0 Å². The predicted molar refractivity (Wildman–Crippen MR) is 51.7 cm³/mol. The van der Waals surface area contributed by atoms with E-state index in [1.54, 1.807) is 0 Å². The van der Waals surface area contributed by atoms with Gasteiger partial charge in [0.05, 0.1) is 5.60 Å². The maximum absolute atomic E-state index is 10.4. The number of primary amides is 1. The summed E-state index contributed by atoms with van der Waals surface area (Å²) in [6, 6.07) is 0. The number of amides is 1. The molecule has 13 heavy (non-hydrogen) atoms. The summed E-state index contributed by atoms with van der Waals surface area (Å²) in [5, 5.41) is 9.78. The zero-order valence-corrected chi connectivity index (χ0v) is 8.30. The SMILES string of the molecule is NC(=O)OC1CCC(O)(CS)CC1. The van der Waals surface area contributed by atoms with Crippen molar-refractivity contribution in [1.82, 2.24) is 0 Å². The van der Waals surface area contributed by atoms with E-state index in [1.165, 1.54) is 0 Å². The average Bonchev–Trinajstić information content (AvgIpc) is 2.09. The minimum absolute atomic E-state index is 0.127. The Morgan fingerprint density at radius 1 is 1.62 bits per heavy atom. The first-order chi connectivity index (χ1) is 6.06. The van der Waals surface area contributed by atoms with Crippen LogP contribution in [0.5, 0.6) is 0 Å². The Kier molecular flexibility index (Phi) is 3.44. The van der Waals surface area contributed by atoms with Gasteiger partial charge in [0, 0.05) is 5.75 Å². The second-order valence-electron chi connectivity index (χ2n) is 3.52. The summed E-state index contributed by atoms with van der Waals surface area (Å²) >= 11 is 4.07. The van der Waals surface area contributed by atoms with Crippen molar-refractivity contribution in [2.75, 3.05) is 5.75 Å². The van der Waals surface area contributed by atoms with E-state index in [9.17, 15) is 9.90 Å². The molecular weight excluding hydrogens is 190 g/mol. The molecule has 4 nitrogen and oxygen atoms in total. The Bertz CT molecular complexity index is 190. The van der Waals surface area contributed by atoms with Crippen molar-refractivity contribution in [3.05, 3.63) is 0 Å². The highest BCUT2D eigenvalue weighted by Gasteiger charge is 2.33. The number of hydrogen-bond donors (Lipinski definition) is 3. The van der Waals surface area contributed by atoms with Crippen molar-refractivity contribution >= 4 is 18.7 Å². The molecule has 0 atom stereocenters. The number of nitrogens with two attached hydrogens (primary N) is 1. The standard InChI is InChI=1S/C8H15NO3S/c9-7(10)12-6-1-3-8(11,5-13)4-2-6/h6,11,13H,1-5H2,(H2,9,10). The second-order valence-corrected chi connectivity index (χ2v) is 3.83. The molecule has 3 N–H and O–H groups in total. The van der Waals surface area contributed by atoms with E-state index in [1.807, 2.05) is 0 Å². The number of hydrogen-bond acceptors (Lipinski definition) is 4. The van der Waals surface area contributed by atoms with Gasteiger partial charge >= 0.3 is 6.09 Å². The Hall–Kier alpha value is -0.420. The number of ether oxygens (including phenoxy) is 1. The van der Waals surface area contributed by atoms with Crippen molar-refractivity contribution in [3.8, 4) is 0 Å². The van der Waals surface area contributed by atoms with Gasteiger partial charge in [-0.3, -0.25) is 0 Å². The summed E-state index contributed by atoms with van der Waals surface area (Å²) in [6.07, 6.45) is 1.71. The van der Waals surface area contributed by atoms with E-state index in [2.05, 4.69) is 12.6 Å². The summed E-state index contributed by atoms with van der Waals surface area (Å²) < 4.78 is 4.83. The van der Waals surface area contributed by atoms with Gasteiger partial charge in [0.1, 0.15) is 6.10 Å². The lowest BCUT2D eigenvalue weighted by atomic mass is 9.85. The fourth-order valence-electron chi connectivity index (χ4n) is 1.57. The van der Waals surface area contributed by atoms with Crippen molar-refractivity contribution in [2.45, 2.75) is 37.4 Å². The molecule has 76 valence electrons. The van der Waals surface area contributed by atoms with Gasteiger partial charge in [-0.2, -0.15) is 12.6 Å². The second kappa shape index (κ2) is 4.19. The quantitative estimate of drug-likeness (QED) is 0.581.